The maximum absolute atomic E-state index is 5.99. The van der Waals surface area contributed by atoms with Gasteiger partial charge in [-0.1, -0.05) is 11.6 Å². The van der Waals surface area contributed by atoms with Gasteiger partial charge in [0.25, 0.3) is 0 Å². The molecule has 0 aliphatic heterocycles. The molecule has 0 unspecified atom stereocenters. The minimum Gasteiger partial charge on any atom is -0.384 e. The van der Waals surface area contributed by atoms with Crippen LogP contribution in [-0.2, 0) is 0 Å². The van der Waals surface area contributed by atoms with Gasteiger partial charge in [0.05, 0.1) is 16.4 Å². The van der Waals surface area contributed by atoms with E-state index in [1.54, 1.807) is 4.68 Å². The predicted molar refractivity (Wildman–Crippen MR) is 65.0 cm³/mol. The average Bonchev–Trinajstić information content (AvgIpc) is 2.51. The third kappa shape index (κ3) is 1.76. The number of nitrogens with zero attached hydrogens (tertiary/aromatic N) is 3. The van der Waals surface area contributed by atoms with Gasteiger partial charge in [0.15, 0.2) is 5.82 Å². The number of halogens is 1. The monoisotopic (exact) mass is 236 g/mol. The molecule has 0 bridgehead atoms. The summed E-state index contributed by atoms with van der Waals surface area (Å²) in [5.41, 5.74) is 8.45. The van der Waals surface area contributed by atoms with Crippen LogP contribution in [0.5, 0.6) is 0 Å². The van der Waals surface area contributed by atoms with Crippen LogP contribution in [0.1, 0.15) is 17.0 Å². The molecular formula is C11H13ClN4. The number of aromatic nitrogens is 3. The van der Waals surface area contributed by atoms with Crippen LogP contribution >= 0.6 is 11.6 Å². The zero-order chi connectivity index (χ0) is 11.9. The van der Waals surface area contributed by atoms with E-state index in [0.29, 0.717) is 10.8 Å². The largest absolute Gasteiger partial charge is 0.384 e. The van der Waals surface area contributed by atoms with Gasteiger partial charge < -0.3 is 5.73 Å². The summed E-state index contributed by atoms with van der Waals surface area (Å²) in [6, 6.07) is 3.68. The molecule has 0 spiro atoms. The molecule has 0 saturated heterocycles. The number of aryl methyl sites for hydroxylation is 3. The molecule has 16 heavy (non-hydrogen) atoms. The van der Waals surface area contributed by atoms with E-state index < -0.39 is 0 Å². The number of hydrogen-bond acceptors (Lipinski definition) is 3. The summed E-state index contributed by atoms with van der Waals surface area (Å²) in [5, 5.41) is 4.95. The quantitative estimate of drug-likeness (QED) is 0.827. The highest BCUT2D eigenvalue weighted by atomic mass is 35.5. The Morgan fingerprint density at radius 2 is 1.94 bits per heavy atom. The minimum absolute atomic E-state index is 0.579. The van der Waals surface area contributed by atoms with E-state index in [1.807, 2.05) is 32.9 Å². The van der Waals surface area contributed by atoms with E-state index in [0.717, 1.165) is 22.8 Å². The molecule has 2 N–H and O–H groups in total. The standard InChI is InChI=1S/C11H13ClN4/c1-6-4-9(12)8(3)14-11(6)16-10(13)5-7(2)15-16/h4-5H,13H2,1-3H3. The summed E-state index contributed by atoms with van der Waals surface area (Å²) < 4.78 is 1.63. The Morgan fingerprint density at radius 3 is 2.50 bits per heavy atom. The van der Waals surface area contributed by atoms with Gasteiger partial charge in [-0.15, -0.1) is 0 Å². The molecule has 2 rings (SSSR count). The third-order valence-corrected chi connectivity index (χ3v) is 2.76. The molecular weight excluding hydrogens is 224 g/mol. The van der Waals surface area contributed by atoms with Crippen molar-refractivity contribution in [2.24, 2.45) is 0 Å². The van der Waals surface area contributed by atoms with Crippen LogP contribution in [0.15, 0.2) is 12.1 Å². The smallest absolute Gasteiger partial charge is 0.158 e. The van der Waals surface area contributed by atoms with Crippen molar-refractivity contribution in [3.8, 4) is 5.82 Å². The Morgan fingerprint density at radius 1 is 1.25 bits per heavy atom. The van der Waals surface area contributed by atoms with Crippen LogP contribution in [0, 0.1) is 20.8 Å². The van der Waals surface area contributed by atoms with Crippen molar-refractivity contribution in [3.63, 3.8) is 0 Å². The van der Waals surface area contributed by atoms with E-state index in [9.17, 15) is 0 Å². The lowest BCUT2D eigenvalue weighted by Crippen LogP contribution is -2.07. The Hall–Kier alpha value is -1.55. The Labute approximate surface area is 99.1 Å². The maximum atomic E-state index is 5.99. The Kier molecular flexibility index (Phi) is 2.59. The van der Waals surface area contributed by atoms with Crippen LogP contribution < -0.4 is 5.73 Å². The van der Waals surface area contributed by atoms with Crippen molar-refractivity contribution in [2.75, 3.05) is 5.73 Å². The first-order chi connectivity index (χ1) is 7.49. The molecule has 0 saturated carbocycles. The molecule has 2 aromatic rings. The molecule has 2 heterocycles. The first-order valence-electron chi connectivity index (χ1n) is 4.95. The highest BCUT2D eigenvalue weighted by Gasteiger charge is 2.10. The number of nitrogens with two attached hydrogens (primary N) is 1. The number of anilines is 1. The van der Waals surface area contributed by atoms with E-state index in [4.69, 9.17) is 17.3 Å². The summed E-state index contributed by atoms with van der Waals surface area (Å²) in [6.45, 7) is 5.69. The topological polar surface area (TPSA) is 56.7 Å². The normalized spacial score (nSPS) is 10.8. The predicted octanol–water partition coefficient (Wildman–Crippen LogP) is 2.43. The summed E-state index contributed by atoms with van der Waals surface area (Å²) in [6.07, 6.45) is 0. The van der Waals surface area contributed by atoms with Crippen molar-refractivity contribution in [1.29, 1.82) is 0 Å². The average molecular weight is 237 g/mol. The number of hydrogen-bond donors (Lipinski definition) is 1. The van der Waals surface area contributed by atoms with Gasteiger partial charge in [0, 0.05) is 6.07 Å². The first-order valence-corrected chi connectivity index (χ1v) is 5.33. The second-order valence-corrected chi connectivity index (χ2v) is 4.23. The lowest BCUT2D eigenvalue weighted by molar-refractivity contribution is 0.827. The molecule has 0 aromatic carbocycles. The van der Waals surface area contributed by atoms with Crippen molar-refractivity contribution in [3.05, 3.63) is 34.1 Å². The van der Waals surface area contributed by atoms with Gasteiger partial charge in [-0.2, -0.15) is 9.78 Å². The van der Waals surface area contributed by atoms with E-state index in [-0.39, 0.29) is 0 Å². The summed E-state index contributed by atoms with van der Waals surface area (Å²) >= 11 is 5.99. The number of pyridine rings is 1. The van der Waals surface area contributed by atoms with Crippen LogP contribution in [0.4, 0.5) is 5.82 Å². The van der Waals surface area contributed by atoms with Crippen LogP contribution in [0.2, 0.25) is 5.02 Å². The van der Waals surface area contributed by atoms with Gasteiger partial charge in [0.2, 0.25) is 0 Å². The Balaban J connectivity index is 2.64. The van der Waals surface area contributed by atoms with Crippen LogP contribution in [0.25, 0.3) is 5.82 Å². The maximum Gasteiger partial charge on any atom is 0.158 e. The van der Waals surface area contributed by atoms with Gasteiger partial charge in [0.1, 0.15) is 5.82 Å². The van der Waals surface area contributed by atoms with Gasteiger partial charge in [-0.25, -0.2) is 4.98 Å². The van der Waals surface area contributed by atoms with Crippen molar-refractivity contribution < 1.29 is 0 Å². The van der Waals surface area contributed by atoms with Crippen molar-refractivity contribution in [2.45, 2.75) is 20.8 Å². The molecule has 0 aliphatic carbocycles. The molecule has 0 fully saturated rings. The fourth-order valence-electron chi connectivity index (χ4n) is 1.56. The second-order valence-electron chi connectivity index (χ2n) is 3.82. The highest BCUT2D eigenvalue weighted by molar-refractivity contribution is 6.31. The van der Waals surface area contributed by atoms with Crippen molar-refractivity contribution in [1.82, 2.24) is 14.8 Å². The lowest BCUT2D eigenvalue weighted by Gasteiger charge is -2.08. The van der Waals surface area contributed by atoms with E-state index in [1.165, 1.54) is 0 Å². The minimum atomic E-state index is 0.579. The zero-order valence-electron chi connectivity index (χ0n) is 9.45. The summed E-state index contributed by atoms with van der Waals surface area (Å²) in [4.78, 5) is 4.41. The lowest BCUT2D eigenvalue weighted by atomic mass is 10.2. The molecule has 2 aromatic heterocycles. The summed E-state index contributed by atoms with van der Waals surface area (Å²) in [5.74, 6) is 1.31. The molecule has 84 valence electrons. The molecule has 0 atom stereocenters. The molecule has 4 nitrogen and oxygen atoms in total. The van der Waals surface area contributed by atoms with Crippen molar-refractivity contribution >= 4 is 17.4 Å². The van der Waals surface area contributed by atoms with Gasteiger partial charge in [-0.3, -0.25) is 0 Å². The van der Waals surface area contributed by atoms with Crippen LogP contribution in [0.3, 0.4) is 0 Å². The molecule has 0 aliphatic rings. The van der Waals surface area contributed by atoms with E-state index in [2.05, 4.69) is 10.1 Å². The zero-order valence-corrected chi connectivity index (χ0v) is 10.2. The number of rotatable bonds is 1. The van der Waals surface area contributed by atoms with Gasteiger partial charge in [-0.05, 0) is 32.4 Å². The molecule has 5 heteroatoms. The van der Waals surface area contributed by atoms with E-state index >= 15 is 0 Å². The first kappa shape index (κ1) is 11.0. The molecule has 0 radical (unpaired) electrons. The molecule has 0 amide bonds. The van der Waals surface area contributed by atoms with Crippen LogP contribution in [-0.4, -0.2) is 14.8 Å². The van der Waals surface area contributed by atoms with Gasteiger partial charge >= 0.3 is 0 Å². The second kappa shape index (κ2) is 3.79. The highest BCUT2D eigenvalue weighted by Crippen LogP contribution is 2.21. The number of nitrogen functional groups attached to an aromatic ring is 1. The Bertz CT molecular complexity index is 545. The SMILES string of the molecule is Cc1cc(N)n(-c2nc(C)c(Cl)cc2C)n1. The third-order valence-electron chi connectivity index (χ3n) is 2.37. The fourth-order valence-corrected chi connectivity index (χ4v) is 1.77. The fraction of sp³-hybridized carbons (Fsp3) is 0.273. The summed E-state index contributed by atoms with van der Waals surface area (Å²) in [7, 11) is 0.